The molecule has 9 heteroatoms. The van der Waals surface area contributed by atoms with Crippen LogP contribution in [0.1, 0.15) is 41.0 Å². The standard InChI is InChI=1S/C25H23F3N2O4/c26-25(27,28)22-9-6-16(15-29-22)10-12-30(24(33)23(32)17-4-2-1-3-5-17)18-7-8-21-19(14-18)20(31)11-13-34-21/h1-9,14-15,20,23,31-32H,10-13H2/t20-,23-/m0/s1. The van der Waals surface area contributed by atoms with Crippen molar-refractivity contribution in [3.63, 3.8) is 0 Å². The minimum absolute atomic E-state index is 0.0749. The molecule has 1 aliphatic heterocycles. The highest BCUT2D eigenvalue weighted by Crippen LogP contribution is 2.36. The molecule has 2 atom stereocenters. The van der Waals surface area contributed by atoms with Gasteiger partial charge in [-0.1, -0.05) is 36.4 Å². The summed E-state index contributed by atoms with van der Waals surface area (Å²) in [5.74, 6) is -0.0808. The van der Waals surface area contributed by atoms with Crippen LogP contribution in [0, 0.1) is 0 Å². The van der Waals surface area contributed by atoms with E-state index >= 15 is 0 Å². The topological polar surface area (TPSA) is 82.9 Å². The van der Waals surface area contributed by atoms with Gasteiger partial charge in [0.15, 0.2) is 6.10 Å². The summed E-state index contributed by atoms with van der Waals surface area (Å²) in [5.41, 5.74) is 0.888. The Morgan fingerprint density at radius 3 is 2.59 bits per heavy atom. The van der Waals surface area contributed by atoms with Crippen molar-refractivity contribution < 1.29 is 32.9 Å². The van der Waals surface area contributed by atoms with Gasteiger partial charge in [-0.2, -0.15) is 13.2 Å². The number of anilines is 1. The van der Waals surface area contributed by atoms with E-state index in [0.29, 0.717) is 41.2 Å². The van der Waals surface area contributed by atoms with E-state index in [2.05, 4.69) is 4.98 Å². The van der Waals surface area contributed by atoms with Gasteiger partial charge in [0.05, 0.1) is 12.7 Å². The number of aliphatic hydroxyl groups is 2. The Kier molecular flexibility index (Phi) is 6.85. The lowest BCUT2D eigenvalue weighted by molar-refractivity contribution is -0.141. The molecule has 6 nitrogen and oxygen atoms in total. The highest BCUT2D eigenvalue weighted by molar-refractivity contribution is 5.97. The molecular formula is C25H23F3N2O4. The van der Waals surface area contributed by atoms with E-state index in [9.17, 15) is 28.2 Å². The second-order valence-corrected chi connectivity index (χ2v) is 7.98. The first kappa shape index (κ1) is 23.7. The molecule has 1 amide bonds. The highest BCUT2D eigenvalue weighted by Gasteiger charge is 2.32. The number of benzene rings is 2. The maximum Gasteiger partial charge on any atom is 0.433 e. The van der Waals surface area contributed by atoms with Gasteiger partial charge in [0.25, 0.3) is 5.91 Å². The molecule has 178 valence electrons. The summed E-state index contributed by atoms with van der Waals surface area (Å²) in [4.78, 5) is 18.1. The van der Waals surface area contributed by atoms with Crippen LogP contribution in [0.5, 0.6) is 5.75 Å². The summed E-state index contributed by atoms with van der Waals surface area (Å²) in [6.07, 6.45) is -4.98. The van der Waals surface area contributed by atoms with E-state index in [-0.39, 0.29) is 13.0 Å². The van der Waals surface area contributed by atoms with Gasteiger partial charge >= 0.3 is 6.18 Å². The highest BCUT2D eigenvalue weighted by atomic mass is 19.4. The molecule has 0 fully saturated rings. The number of halogens is 3. The molecular weight excluding hydrogens is 449 g/mol. The zero-order valence-electron chi connectivity index (χ0n) is 18.1. The fourth-order valence-electron chi connectivity index (χ4n) is 3.80. The number of aromatic nitrogens is 1. The number of alkyl halides is 3. The number of pyridine rings is 1. The molecule has 0 saturated carbocycles. The minimum Gasteiger partial charge on any atom is -0.493 e. The fraction of sp³-hybridized carbons (Fsp3) is 0.280. The summed E-state index contributed by atoms with van der Waals surface area (Å²) in [6.45, 7) is 0.454. The van der Waals surface area contributed by atoms with E-state index in [1.807, 2.05) is 0 Å². The fourth-order valence-corrected chi connectivity index (χ4v) is 3.80. The molecule has 3 aromatic rings. The van der Waals surface area contributed by atoms with Gasteiger partial charge in [0.2, 0.25) is 0 Å². The molecule has 0 unspecified atom stereocenters. The quantitative estimate of drug-likeness (QED) is 0.561. The molecule has 1 aliphatic rings. The van der Waals surface area contributed by atoms with Gasteiger partial charge in [-0.15, -0.1) is 0 Å². The Morgan fingerprint density at radius 2 is 1.91 bits per heavy atom. The first-order chi connectivity index (χ1) is 16.2. The Labute approximate surface area is 194 Å². The number of rotatable bonds is 6. The zero-order valence-corrected chi connectivity index (χ0v) is 18.1. The molecule has 34 heavy (non-hydrogen) atoms. The number of carbonyl (C=O) groups is 1. The zero-order chi connectivity index (χ0) is 24.3. The van der Waals surface area contributed by atoms with Crippen molar-refractivity contribution in [3.05, 3.63) is 89.2 Å². The van der Waals surface area contributed by atoms with Gasteiger partial charge in [-0.3, -0.25) is 9.78 Å². The van der Waals surface area contributed by atoms with Crippen LogP contribution in [-0.2, 0) is 17.4 Å². The van der Waals surface area contributed by atoms with Crippen LogP contribution in [0.2, 0.25) is 0 Å². The molecule has 1 aromatic heterocycles. The maximum atomic E-state index is 13.3. The molecule has 0 spiro atoms. The smallest absolute Gasteiger partial charge is 0.433 e. The second kappa shape index (κ2) is 9.82. The lowest BCUT2D eigenvalue weighted by Crippen LogP contribution is -2.37. The average molecular weight is 472 g/mol. The molecule has 0 saturated heterocycles. The number of aliphatic hydroxyl groups excluding tert-OH is 2. The van der Waals surface area contributed by atoms with Crippen molar-refractivity contribution in [3.8, 4) is 5.75 Å². The van der Waals surface area contributed by atoms with Crippen LogP contribution in [-0.4, -0.2) is 34.3 Å². The van der Waals surface area contributed by atoms with Gasteiger partial charge in [-0.25, -0.2) is 0 Å². The van der Waals surface area contributed by atoms with E-state index in [4.69, 9.17) is 4.74 Å². The lowest BCUT2D eigenvalue weighted by Gasteiger charge is -2.28. The van der Waals surface area contributed by atoms with Crippen LogP contribution in [0.15, 0.2) is 66.9 Å². The van der Waals surface area contributed by atoms with Gasteiger partial charge < -0.3 is 19.8 Å². The Morgan fingerprint density at radius 1 is 1.15 bits per heavy atom. The number of fused-ring (bicyclic) bond motifs is 1. The Bertz CT molecular complexity index is 1140. The monoisotopic (exact) mass is 472 g/mol. The number of nitrogens with zero attached hydrogens (tertiary/aromatic N) is 2. The molecule has 2 aromatic carbocycles. The maximum absolute atomic E-state index is 13.3. The molecule has 2 N–H and O–H groups in total. The molecule has 0 radical (unpaired) electrons. The predicted molar refractivity (Wildman–Crippen MR) is 118 cm³/mol. The molecule has 0 bridgehead atoms. The summed E-state index contributed by atoms with van der Waals surface area (Å²) >= 11 is 0. The van der Waals surface area contributed by atoms with E-state index in [1.54, 1.807) is 48.5 Å². The lowest BCUT2D eigenvalue weighted by atomic mass is 10.0. The number of carbonyl (C=O) groups excluding carboxylic acids is 1. The number of hydrogen-bond donors (Lipinski definition) is 2. The van der Waals surface area contributed by atoms with Crippen LogP contribution >= 0.6 is 0 Å². The summed E-state index contributed by atoms with van der Waals surface area (Å²) in [7, 11) is 0. The molecule has 2 heterocycles. The van der Waals surface area contributed by atoms with Crippen molar-refractivity contribution >= 4 is 11.6 Å². The van der Waals surface area contributed by atoms with Gasteiger partial charge in [0, 0.05) is 30.4 Å². The predicted octanol–water partition coefficient (Wildman–Crippen LogP) is 4.23. The van der Waals surface area contributed by atoms with Crippen molar-refractivity contribution in [1.82, 2.24) is 4.98 Å². The van der Waals surface area contributed by atoms with E-state index in [1.165, 1.54) is 11.0 Å². The third-order valence-electron chi connectivity index (χ3n) is 5.67. The summed E-state index contributed by atoms with van der Waals surface area (Å²) in [5, 5.41) is 21.1. The Balaban J connectivity index is 1.61. The molecule has 0 aliphatic carbocycles. The average Bonchev–Trinajstić information content (AvgIpc) is 2.84. The van der Waals surface area contributed by atoms with Crippen LogP contribution in [0.25, 0.3) is 0 Å². The first-order valence-electron chi connectivity index (χ1n) is 10.8. The number of hydrogen-bond acceptors (Lipinski definition) is 5. The van der Waals surface area contributed by atoms with Crippen LogP contribution in [0.4, 0.5) is 18.9 Å². The second-order valence-electron chi connectivity index (χ2n) is 7.98. The van der Waals surface area contributed by atoms with E-state index in [0.717, 1.165) is 12.3 Å². The van der Waals surface area contributed by atoms with Crippen molar-refractivity contribution in [2.75, 3.05) is 18.1 Å². The van der Waals surface area contributed by atoms with Crippen molar-refractivity contribution in [1.29, 1.82) is 0 Å². The first-order valence-corrected chi connectivity index (χ1v) is 10.8. The third kappa shape index (κ3) is 5.21. The van der Waals surface area contributed by atoms with Gasteiger partial charge in [0.1, 0.15) is 11.4 Å². The largest absolute Gasteiger partial charge is 0.493 e. The van der Waals surface area contributed by atoms with E-state index < -0.39 is 30.0 Å². The number of ether oxygens (including phenoxy) is 1. The number of amides is 1. The summed E-state index contributed by atoms with van der Waals surface area (Å²) in [6, 6.07) is 15.6. The summed E-state index contributed by atoms with van der Waals surface area (Å²) < 4.78 is 44.0. The minimum atomic E-state index is -4.54. The van der Waals surface area contributed by atoms with Crippen molar-refractivity contribution in [2.24, 2.45) is 0 Å². The Hall–Kier alpha value is -3.43. The van der Waals surface area contributed by atoms with Crippen LogP contribution in [0.3, 0.4) is 0 Å². The van der Waals surface area contributed by atoms with Crippen molar-refractivity contribution in [2.45, 2.75) is 31.2 Å². The molecule has 4 rings (SSSR count). The SMILES string of the molecule is O=C([C@@H](O)c1ccccc1)N(CCc1ccc(C(F)(F)F)nc1)c1ccc2c(c1)[C@@H](O)CCO2. The normalized spacial score (nSPS) is 16.3. The van der Waals surface area contributed by atoms with Crippen LogP contribution < -0.4 is 9.64 Å². The van der Waals surface area contributed by atoms with Gasteiger partial charge in [-0.05, 0) is 41.8 Å². The third-order valence-corrected chi connectivity index (χ3v) is 5.67.